The number of hydrogen-bond acceptors (Lipinski definition) is 5. The van der Waals surface area contributed by atoms with Gasteiger partial charge in [0.25, 0.3) is 0 Å². The van der Waals surface area contributed by atoms with Crippen LogP contribution >= 0.6 is 0 Å². The molecule has 1 unspecified atom stereocenters. The van der Waals surface area contributed by atoms with Crippen LogP contribution in [0.2, 0.25) is 0 Å². The van der Waals surface area contributed by atoms with Gasteiger partial charge in [0, 0.05) is 37.8 Å². The lowest BCUT2D eigenvalue weighted by Crippen LogP contribution is -2.45. The molecule has 0 spiro atoms. The third-order valence-electron chi connectivity index (χ3n) is 4.07. The predicted molar refractivity (Wildman–Crippen MR) is 83.6 cm³/mol. The molecule has 1 aliphatic rings. The van der Waals surface area contributed by atoms with Crippen LogP contribution < -0.4 is 19.5 Å². The fraction of sp³-hybridized carbons (Fsp3) is 0.625. The Morgan fingerprint density at radius 2 is 1.71 bits per heavy atom. The smallest absolute Gasteiger partial charge is 0.203 e. The first-order chi connectivity index (χ1) is 10.3. The molecule has 1 aromatic rings. The summed E-state index contributed by atoms with van der Waals surface area (Å²) < 4.78 is 16.5. The largest absolute Gasteiger partial charge is 0.493 e. The summed E-state index contributed by atoms with van der Waals surface area (Å²) in [6.07, 6.45) is 1.03. The van der Waals surface area contributed by atoms with E-state index in [1.807, 2.05) is 6.07 Å². The van der Waals surface area contributed by atoms with Crippen LogP contribution in [0.1, 0.15) is 24.9 Å². The molecule has 0 aromatic heterocycles. The SMILES string of the molecule is CCC(c1ccc(OC)c(OC)c1OC)N1CCNCC1. The topological polar surface area (TPSA) is 43.0 Å². The van der Waals surface area contributed by atoms with Gasteiger partial charge in [0.1, 0.15) is 0 Å². The van der Waals surface area contributed by atoms with Crippen LogP contribution in [0.3, 0.4) is 0 Å². The Morgan fingerprint density at radius 1 is 1.05 bits per heavy atom. The number of piperazine rings is 1. The lowest BCUT2D eigenvalue weighted by molar-refractivity contribution is 0.165. The highest BCUT2D eigenvalue weighted by molar-refractivity contribution is 5.56. The second-order valence-corrected chi connectivity index (χ2v) is 5.13. The van der Waals surface area contributed by atoms with Crippen molar-refractivity contribution in [1.82, 2.24) is 10.2 Å². The Bertz CT molecular complexity index is 459. The Labute approximate surface area is 127 Å². The molecule has 5 nitrogen and oxygen atoms in total. The van der Waals surface area contributed by atoms with Crippen molar-refractivity contribution in [3.63, 3.8) is 0 Å². The summed E-state index contributed by atoms with van der Waals surface area (Å²) in [5.41, 5.74) is 1.17. The minimum atomic E-state index is 0.335. The number of benzene rings is 1. The van der Waals surface area contributed by atoms with Crippen molar-refractivity contribution in [2.24, 2.45) is 0 Å². The van der Waals surface area contributed by atoms with E-state index in [-0.39, 0.29) is 0 Å². The van der Waals surface area contributed by atoms with Crippen molar-refractivity contribution < 1.29 is 14.2 Å². The highest BCUT2D eigenvalue weighted by Crippen LogP contribution is 2.44. The molecule has 1 fully saturated rings. The average Bonchev–Trinajstić information content (AvgIpc) is 2.55. The maximum atomic E-state index is 5.64. The first-order valence-corrected chi connectivity index (χ1v) is 7.50. The van der Waals surface area contributed by atoms with Gasteiger partial charge in [0.15, 0.2) is 11.5 Å². The van der Waals surface area contributed by atoms with E-state index in [0.29, 0.717) is 17.5 Å². The van der Waals surface area contributed by atoms with Gasteiger partial charge in [0.2, 0.25) is 5.75 Å². The van der Waals surface area contributed by atoms with E-state index in [4.69, 9.17) is 14.2 Å². The van der Waals surface area contributed by atoms with Crippen LogP contribution in [0.5, 0.6) is 17.2 Å². The standard InChI is InChI=1S/C16H26N2O3/c1-5-13(18-10-8-17-9-11-18)12-6-7-14(19-2)16(21-4)15(12)20-3/h6-7,13,17H,5,8-11H2,1-4H3. The third kappa shape index (κ3) is 3.24. The molecule has 1 heterocycles. The van der Waals surface area contributed by atoms with Gasteiger partial charge in [-0.25, -0.2) is 0 Å². The van der Waals surface area contributed by atoms with Crippen LogP contribution in [-0.2, 0) is 0 Å². The third-order valence-corrected chi connectivity index (χ3v) is 4.07. The molecule has 0 bridgehead atoms. The van der Waals surface area contributed by atoms with E-state index >= 15 is 0 Å². The van der Waals surface area contributed by atoms with Crippen molar-refractivity contribution in [3.05, 3.63) is 17.7 Å². The summed E-state index contributed by atoms with van der Waals surface area (Å²) in [6, 6.07) is 4.39. The molecule has 1 atom stereocenters. The minimum absolute atomic E-state index is 0.335. The van der Waals surface area contributed by atoms with Gasteiger partial charge in [-0.15, -0.1) is 0 Å². The van der Waals surface area contributed by atoms with E-state index in [0.717, 1.165) is 38.3 Å². The van der Waals surface area contributed by atoms with E-state index in [1.54, 1.807) is 21.3 Å². The van der Waals surface area contributed by atoms with Gasteiger partial charge in [0.05, 0.1) is 21.3 Å². The predicted octanol–water partition coefficient (Wildman–Crippen LogP) is 2.07. The molecule has 2 rings (SSSR count). The molecule has 0 saturated carbocycles. The molecule has 0 amide bonds. The van der Waals surface area contributed by atoms with Crippen LogP contribution in [0.25, 0.3) is 0 Å². The van der Waals surface area contributed by atoms with Gasteiger partial charge in [-0.3, -0.25) is 4.90 Å². The van der Waals surface area contributed by atoms with Gasteiger partial charge in [-0.1, -0.05) is 6.92 Å². The highest BCUT2D eigenvalue weighted by Gasteiger charge is 2.26. The van der Waals surface area contributed by atoms with E-state index < -0.39 is 0 Å². The van der Waals surface area contributed by atoms with Crippen molar-refractivity contribution in [2.75, 3.05) is 47.5 Å². The first-order valence-electron chi connectivity index (χ1n) is 7.50. The summed E-state index contributed by atoms with van der Waals surface area (Å²) in [6.45, 7) is 6.38. The normalized spacial score (nSPS) is 17.3. The van der Waals surface area contributed by atoms with Gasteiger partial charge in [-0.05, 0) is 18.6 Å². The van der Waals surface area contributed by atoms with Gasteiger partial charge >= 0.3 is 0 Å². The molecular formula is C16H26N2O3. The molecule has 1 aromatic carbocycles. The van der Waals surface area contributed by atoms with E-state index in [1.165, 1.54) is 5.56 Å². The van der Waals surface area contributed by atoms with Gasteiger partial charge in [-0.2, -0.15) is 0 Å². The lowest BCUT2D eigenvalue weighted by atomic mass is 10.00. The first kappa shape index (κ1) is 15.9. The molecule has 5 heteroatoms. The number of methoxy groups -OCH3 is 3. The molecule has 1 saturated heterocycles. The van der Waals surface area contributed by atoms with Gasteiger partial charge < -0.3 is 19.5 Å². The zero-order chi connectivity index (χ0) is 15.2. The number of nitrogens with zero attached hydrogens (tertiary/aromatic N) is 1. The maximum Gasteiger partial charge on any atom is 0.203 e. The van der Waals surface area contributed by atoms with Crippen molar-refractivity contribution in [3.8, 4) is 17.2 Å². The minimum Gasteiger partial charge on any atom is -0.493 e. The van der Waals surface area contributed by atoms with Crippen molar-refractivity contribution >= 4 is 0 Å². The number of ether oxygens (including phenoxy) is 3. The van der Waals surface area contributed by atoms with E-state index in [9.17, 15) is 0 Å². The Morgan fingerprint density at radius 3 is 2.24 bits per heavy atom. The van der Waals surface area contributed by atoms with Crippen molar-refractivity contribution in [2.45, 2.75) is 19.4 Å². The maximum absolute atomic E-state index is 5.64. The quantitative estimate of drug-likeness (QED) is 0.870. The second kappa shape index (κ2) is 7.52. The number of hydrogen-bond donors (Lipinski definition) is 1. The lowest BCUT2D eigenvalue weighted by Gasteiger charge is -2.35. The monoisotopic (exact) mass is 294 g/mol. The van der Waals surface area contributed by atoms with Crippen LogP contribution in [-0.4, -0.2) is 52.4 Å². The average molecular weight is 294 g/mol. The van der Waals surface area contributed by atoms with E-state index in [2.05, 4.69) is 23.2 Å². The van der Waals surface area contributed by atoms with Crippen molar-refractivity contribution in [1.29, 1.82) is 0 Å². The molecule has 0 aliphatic carbocycles. The molecular weight excluding hydrogens is 268 g/mol. The summed E-state index contributed by atoms with van der Waals surface area (Å²) in [5.74, 6) is 2.15. The number of nitrogens with one attached hydrogen (secondary N) is 1. The molecule has 1 aliphatic heterocycles. The summed E-state index contributed by atoms with van der Waals surface area (Å²) in [4.78, 5) is 2.50. The summed E-state index contributed by atoms with van der Waals surface area (Å²) in [7, 11) is 4.98. The fourth-order valence-corrected chi connectivity index (χ4v) is 3.06. The molecule has 0 radical (unpaired) electrons. The molecule has 1 N–H and O–H groups in total. The second-order valence-electron chi connectivity index (χ2n) is 5.13. The summed E-state index contributed by atoms with van der Waals surface area (Å²) in [5, 5.41) is 3.40. The fourth-order valence-electron chi connectivity index (χ4n) is 3.06. The Hall–Kier alpha value is -1.46. The molecule has 118 valence electrons. The summed E-state index contributed by atoms with van der Waals surface area (Å²) >= 11 is 0. The Balaban J connectivity index is 2.40. The highest BCUT2D eigenvalue weighted by atomic mass is 16.5. The number of rotatable bonds is 6. The molecule has 21 heavy (non-hydrogen) atoms. The van der Waals surface area contributed by atoms with Crippen LogP contribution in [0, 0.1) is 0 Å². The van der Waals surface area contributed by atoms with Crippen LogP contribution in [0.4, 0.5) is 0 Å². The zero-order valence-corrected chi connectivity index (χ0v) is 13.4. The van der Waals surface area contributed by atoms with Crippen LogP contribution in [0.15, 0.2) is 12.1 Å². The Kier molecular flexibility index (Phi) is 5.70. The zero-order valence-electron chi connectivity index (χ0n) is 13.4.